The van der Waals surface area contributed by atoms with Gasteiger partial charge in [-0.3, -0.25) is 4.79 Å². The predicted octanol–water partition coefficient (Wildman–Crippen LogP) is 3.97. The maximum Gasteiger partial charge on any atom is 0.308 e. The summed E-state index contributed by atoms with van der Waals surface area (Å²) in [6, 6.07) is 11.5. The lowest BCUT2D eigenvalue weighted by Crippen LogP contribution is -2.41. The van der Waals surface area contributed by atoms with Gasteiger partial charge in [-0.05, 0) is 31.0 Å². The van der Waals surface area contributed by atoms with E-state index < -0.39 is 11.9 Å². The highest BCUT2D eigenvalue weighted by Gasteiger charge is 2.41. The minimum atomic E-state index is -0.825. The number of rotatable bonds is 1. The second-order valence-corrected chi connectivity index (χ2v) is 5.98. The number of hydrogen-bond acceptors (Lipinski definition) is 3. The van der Waals surface area contributed by atoms with Crippen LogP contribution in [0, 0.1) is 11.7 Å². The molecule has 0 unspecified atom stereocenters. The van der Waals surface area contributed by atoms with Gasteiger partial charge in [0.05, 0.1) is 17.6 Å². The molecule has 0 spiro atoms. The molecule has 2 aromatic rings. The Morgan fingerprint density at radius 1 is 1.22 bits per heavy atom. The van der Waals surface area contributed by atoms with Gasteiger partial charge in [0.1, 0.15) is 11.6 Å². The van der Waals surface area contributed by atoms with Crippen molar-refractivity contribution in [2.75, 3.05) is 11.4 Å². The van der Waals surface area contributed by atoms with Gasteiger partial charge in [-0.2, -0.15) is 0 Å². The van der Waals surface area contributed by atoms with Crippen molar-refractivity contribution in [2.24, 2.45) is 5.92 Å². The summed E-state index contributed by atoms with van der Waals surface area (Å²) in [7, 11) is 0. The minimum absolute atomic E-state index is 0.347. The van der Waals surface area contributed by atoms with Gasteiger partial charge >= 0.3 is 5.97 Å². The van der Waals surface area contributed by atoms with Crippen LogP contribution in [0.3, 0.4) is 0 Å². The van der Waals surface area contributed by atoms with Crippen LogP contribution in [0.4, 0.5) is 10.1 Å². The van der Waals surface area contributed by atoms with Crippen LogP contribution in [-0.2, 0) is 4.79 Å². The Labute approximate surface area is 133 Å². The first-order chi connectivity index (χ1) is 11.1. The Morgan fingerprint density at radius 3 is 2.87 bits per heavy atom. The lowest BCUT2D eigenvalue weighted by atomic mass is 9.84. The number of anilines is 1. The van der Waals surface area contributed by atoms with E-state index in [-0.39, 0.29) is 11.9 Å². The van der Waals surface area contributed by atoms with Crippen LogP contribution >= 0.6 is 0 Å². The SMILES string of the molecule is O=C(O)[C@@H]1CCCN2c3cc(F)ccc3Oc3ccccc3[C@H]12. The molecule has 1 saturated heterocycles. The summed E-state index contributed by atoms with van der Waals surface area (Å²) in [6.07, 6.45) is 1.36. The van der Waals surface area contributed by atoms with Crippen LogP contribution in [0.25, 0.3) is 0 Å². The predicted molar refractivity (Wildman–Crippen MR) is 83.4 cm³/mol. The number of nitrogens with zero attached hydrogens (tertiary/aromatic N) is 1. The molecule has 0 aliphatic carbocycles. The van der Waals surface area contributed by atoms with Crippen molar-refractivity contribution in [3.05, 3.63) is 53.8 Å². The number of carboxylic acid groups (broad SMARTS) is 1. The van der Waals surface area contributed by atoms with Crippen LogP contribution < -0.4 is 9.64 Å². The summed E-state index contributed by atoms with van der Waals surface area (Å²) in [5.41, 5.74) is 1.47. The Bertz CT molecular complexity index is 777. The van der Waals surface area contributed by atoms with Crippen molar-refractivity contribution in [2.45, 2.75) is 18.9 Å². The highest BCUT2D eigenvalue weighted by molar-refractivity contribution is 5.75. The zero-order chi connectivity index (χ0) is 16.0. The molecule has 1 fully saturated rings. The Morgan fingerprint density at radius 2 is 2.04 bits per heavy atom. The van der Waals surface area contributed by atoms with Gasteiger partial charge in [-0.1, -0.05) is 18.2 Å². The first-order valence-electron chi connectivity index (χ1n) is 7.71. The summed E-state index contributed by atoms with van der Waals surface area (Å²) < 4.78 is 19.7. The van der Waals surface area contributed by atoms with Crippen molar-refractivity contribution in [3.63, 3.8) is 0 Å². The van der Waals surface area contributed by atoms with Gasteiger partial charge in [-0.25, -0.2) is 4.39 Å². The first kappa shape index (κ1) is 14.1. The number of fused-ring (bicyclic) bond motifs is 5. The molecule has 2 aliphatic heterocycles. The van der Waals surface area contributed by atoms with E-state index in [4.69, 9.17) is 4.74 Å². The monoisotopic (exact) mass is 313 g/mol. The number of aliphatic carboxylic acids is 1. The highest BCUT2D eigenvalue weighted by atomic mass is 19.1. The largest absolute Gasteiger partial charge is 0.481 e. The lowest BCUT2D eigenvalue weighted by molar-refractivity contribution is -0.143. The zero-order valence-electron chi connectivity index (χ0n) is 12.4. The van der Waals surface area contributed by atoms with E-state index >= 15 is 0 Å². The van der Waals surface area contributed by atoms with Crippen LogP contribution in [0.2, 0.25) is 0 Å². The van der Waals surface area contributed by atoms with E-state index in [1.807, 2.05) is 29.2 Å². The lowest BCUT2D eigenvalue weighted by Gasteiger charge is -2.40. The van der Waals surface area contributed by atoms with Gasteiger partial charge in [0.2, 0.25) is 0 Å². The molecule has 2 aromatic carbocycles. The highest BCUT2D eigenvalue weighted by Crippen LogP contribution is 2.49. The molecule has 2 atom stereocenters. The molecular formula is C18H16FNO3. The Kier molecular flexibility index (Phi) is 3.22. The van der Waals surface area contributed by atoms with Crippen molar-refractivity contribution in [1.29, 1.82) is 0 Å². The molecular weight excluding hydrogens is 297 g/mol. The first-order valence-corrected chi connectivity index (χ1v) is 7.71. The van der Waals surface area contributed by atoms with E-state index in [1.165, 1.54) is 12.1 Å². The third-order valence-corrected chi connectivity index (χ3v) is 4.64. The molecule has 0 bridgehead atoms. The van der Waals surface area contributed by atoms with E-state index in [0.717, 1.165) is 12.0 Å². The molecule has 5 heteroatoms. The fourth-order valence-corrected chi connectivity index (χ4v) is 3.65. The number of benzene rings is 2. The molecule has 2 aliphatic rings. The molecule has 23 heavy (non-hydrogen) atoms. The summed E-state index contributed by atoms with van der Waals surface area (Å²) in [5.74, 6) is -0.514. The zero-order valence-corrected chi connectivity index (χ0v) is 12.4. The summed E-state index contributed by atoms with van der Waals surface area (Å²) in [4.78, 5) is 13.7. The summed E-state index contributed by atoms with van der Waals surface area (Å²) >= 11 is 0. The number of hydrogen-bond donors (Lipinski definition) is 1. The average Bonchev–Trinajstić information content (AvgIpc) is 2.69. The minimum Gasteiger partial charge on any atom is -0.481 e. The van der Waals surface area contributed by atoms with Crippen LogP contribution in [0.5, 0.6) is 11.5 Å². The molecule has 4 nitrogen and oxygen atoms in total. The van der Waals surface area contributed by atoms with Gasteiger partial charge in [0.15, 0.2) is 5.75 Å². The smallest absolute Gasteiger partial charge is 0.308 e. The summed E-state index contributed by atoms with van der Waals surface area (Å²) in [5, 5.41) is 9.66. The normalized spacial score (nSPS) is 22.2. The third-order valence-electron chi connectivity index (χ3n) is 4.64. The maximum atomic E-state index is 13.8. The average molecular weight is 313 g/mol. The van der Waals surface area contributed by atoms with E-state index in [9.17, 15) is 14.3 Å². The molecule has 118 valence electrons. The Hall–Kier alpha value is -2.56. The molecule has 0 aromatic heterocycles. The van der Waals surface area contributed by atoms with Crippen LogP contribution in [0.1, 0.15) is 24.4 Å². The van der Waals surface area contributed by atoms with Crippen molar-refractivity contribution >= 4 is 11.7 Å². The second-order valence-electron chi connectivity index (χ2n) is 5.98. The number of piperidine rings is 1. The maximum absolute atomic E-state index is 13.8. The second kappa shape index (κ2) is 5.26. The van der Waals surface area contributed by atoms with Gasteiger partial charge in [0.25, 0.3) is 0 Å². The standard InChI is InChI=1S/C18H16FNO3/c19-11-7-8-16-14(10-11)20-9-3-5-13(18(21)22)17(20)12-4-1-2-6-15(12)23-16/h1-2,4,6-8,10,13,17H,3,5,9H2,(H,21,22)/t13-,17-/m1/s1. The fourth-order valence-electron chi connectivity index (χ4n) is 3.65. The molecule has 0 amide bonds. The third kappa shape index (κ3) is 2.23. The topological polar surface area (TPSA) is 49.8 Å². The number of para-hydroxylation sites is 1. The number of carboxylic acids is 1. The van der Waals surface area contributed by atoms with E-state index in [1.54, 1.807) is 6.07 Å². The molecule has 2 heterocycles. The van der Waals surface area contributed by atoms with Crippen molar-refractivity contribution < 1.29 is 19.0 Å². The molecule has 0 radical (unpaired) electrons. The van der Waals surface area contributed by atoms with Crippen LogP contribution in [-0.4, -0.2) is 17.6 Å². The van der Waals surface area contributed by atoms with Crippen LogP contribution in [0.15, 0.2) is 42.5 Å². The quantitative estimate of drug-likeness (QED) is 0.865. The number of ether oxygens (including phenoxy) is 1. The number of halogens is 1. The van der Waals surface area contributed by atoms with Gasteiger partial charge in [0, 0.05) is 18.2 Å². The van der Waals surface area contributed by atoms with E-state index in [2.05, 4.69) is 0 Å². The fraction of sp³-hybridized carbons (Fsp3) is 0.278. The summed E-state index contributed by atoms with van der Waals surface area (Å²) in [6.45, 7) is 0.683. The molecule has 4 rings (SSSR count). The van der Waals surface area contributed by atoms with Crippen molar-refractivity contribution in [3.8, 4) is 11.5 Å². The van der Waals surface area contributed by atoms with Crippen molar-refractivity contribution in [1.82, 2.24) is 0 Å². The number of carbonyl (C=O) groups is 1. The molecule has 0 saturated carbocycles. The molecule has 1 N–H and O–H groups in total. The van der Waals surface area contributed by atoms with Gasteiger partial charge in [-0.15, -0.1) is 0 Å². The van der Waals surface area contributed by atoms with E-state index in [0.29, 0.717) is 30.2 Å². The Balaban J connectivity index is 1.95. The van der Waals surface area contributed by atoms with Gasteiger partial charge < -0.3 is 14.7 Å².